The minimum Gasteiger partial charge on any atom is -0.468 e. The molecule has 2 atom stereocenters. The number of ether oxygens (including phenoxy) is 1. The van der Waals surface area contributed by atoms with E-state index in [-0.39, 0.29) is 5.97 Å². The van der Waals surface area contributed by atoms with Gasteiger partial charge in [0.2, 0.25) is 0 Å². The van der Waals surface area contributed by atoms with E-state index in [1.165, 1.54) is 20.0 Å². The van der Waals surface area contributed by atoms with Gasteiger partial charge in [-0.15, -0.1) is 0 Å². The van der Waals surface area contributed by atoms with E-state index in [0.717, 1.165) is 25.0 Å². The van der Waals surface area contributed by atoms with Crippen LogP contribution in [0.4, 0.5) is 0 Å². The Bertz CT molecular complexity index is 223. The highest BCUT2D eigenvalue weighted by Gasteiger charge is 2.40. The Morgan fingerprint density at radius 3 is 3.00 bits per heavy atom. The summed E-state index contributed by atoms with van der Waals surface area (Å²) >= 11 is 1.94. The molecule has 15 heavy (non-hydrogen) atoms. The van der Waals surface area contributed by atoms with E-state index in [1.54, 1.807) is 0 Å². The van der Waals surface area contributed by atoms with Gasteiger partial charge in [-0.2, -0.15) is 11.8 Å². The van der Waals surface area contributed by atoms with Crippen LogP contribution < -0.4 is 5.73 Å². The lowest BCUT2D eigenvalue weighted by Gasteiger charge is -2.35. The highest BCUT2D eigenvalue weighted by atomic mass is 32.2. The van der Waals surface area contributed by atoms with Gasteiger partial charge in [-0.3, -0.25) is 4.79 Å². The van der Waals surface area contributed by atoms with E-state index in [9.17, 15) is 4.79 Å². The summed E-state index contributed by atoms with van der Waals surface area (Å²) < 4.78 is 4.77. The number of carbonyl (C=O) groups is 1. The molecule has 4 heteroatoms. The zero-order valence-corrected chi connectivity index (χ0v) is 10.4. The minimum absolute atomic E-state index is 0.246. The highest BCUT2D eigenvalue weighted by molar-refractivity contribution is 7.99. The first-order valence-corrected chi connectivity index (χ1v) is 6.66. The summed E-state index contributed by atoms with van der Waals surface area (Å²) in [5.41, 5.74) is 5.36. The fraction of sp³-hybridized carbons (Fsp3) is 0.909. The normalized spacial score (nSPS) is 31.3. The second-order valence-electron chi connectivity index (χ2n) is 4.24. The van der Waals surface area contributed by atoms with E-state index in [1.807, 2.05) is 11.8 Å². The molecule has 3 nitrogen and oxygen atoms in total. The third kappa shape index (κ3) is 3.38. The van der Waals surface area contributed by atoms with Crippen molar-refractivity contribution in [2.75, 3.05) is 12.9 Å². The van der Waals surface area contributed by atoms with Crippen LogP contribution >= 0.6 is 11.8 Å². The smallest absolute Gasteiger partial charge is 0.325 e. The summed E-state index contributed by atoms with van der Waals surface area (Å²) in [5, 5.41) is 0.530. The van der Waals surface area contributed by atoms with Gasteiger partial charge in [0.05, 0.1) is 7.11 Å². The molecule has 1 rings (SSSR count). The Kier molecular flexibility index (Phi) is 4.93. The van der Waals surface area contributed by atoms with Crippen molar-refractivity contribution >= 4 is 17.7 Å². The lowest BCUT2D eigenvalue weighted by molar-refractivity contribution is -0.148. The highest BCUT2D eigenvalue weighted by Crippen LogP contribution is 2.34. The molecule has 1 fully saturated rings. The Labute approximate surface area is 96.1 Å². The Morgan fingerprint density at radius 1 is 1.67 bits per heavy atom. The maximum Gasteiger partial charge on any atom is 0.325 e. The largest absolute Gasteiger partial charge is 0.468 e. The molecule has 0 spiro atoms. The standard InChI is InChI=1S/C11H21NO2S/c1-3-7-15-9-5-4-6-11(12,8-9)10(13)14-2/h9H,3-8,12H2,1-2H3. The summed E-state index contributed by atoms with van der Waals surface area (Å²) in [4.78, 5) is 11.6. The first kappa shape index (κ1) is 12.8. The fourth-order valence-electron chi connectivity index (χ4n) is 2.07. The number of hydrogen-bond acceptors (Lipinski definition) is 4. The minimum atomic E-state index is -0.724. The maximum atomic E-state index is 11.6. The number of methoxy groups -OCH3 is 1. The molecule has 1 aliphatic carbocycles. The van der Waals surface area contributed by atoms with Crippen LogP contribution in [-0.2, 0) is 9.53 Å². The predicted octanol–water partition coefficient (Wildman–Crippen LogP) is 1.94. The monoisotopic (exact) mass is 231 g/mol. The molecule has 0 aromatic carbocycles. The summed E-state index contributed by atoms with van der Waals surface area (Å²) in [6, 6.07) is 0. The van der Waals surface area contributed by atoms with Crippen molar-refractivity contribution in [1.82, 2.24) is 0 Å². The number of esters is 1. The lowest BCUT2D eigenvalue weighted by atomic mass is 9.82. The molecule has 1 aliphatic rings. The van der Waals surface area contributed by atoms with Crippen LogP contribution in [0.15, 0.2) is 0 Å². The van der Waals surface area contributed by atoms with Crippen molar-refractivity contribution < 1.29 is 9.53 Å². The number of thioether (sulfide) groups is 1. The van der Waals surface area contributed by atoms with Gasteiger partial charge in [0.15, 0.2) is 0 Å². The lowest BCUT2D eigenvalue weighted by Crippen LogP contribution is -2.52. The van der Waals surface area contributed by atoms with E-state index in [0.29, 0.717) is 5.25 Å². The zero-order valence-electron chi connectivity index (χ0n) is 9.62. The molecule has 0 bridgehead atoms. The Balaban J connectivity index is 2.50. The van der Waals surface area contributed by atoms with Crippen LogP contribution in [0.2, 0.25) is 0 Å². The van der Waals surface area contributed by atoms with Crippen molar-refractivity contribution in [1.29, 1.82) is 0 Å². The number of rotatable bonds is 4. The Hall–Kier alpha value is -0.220. The molecule has 0 aromatic heterocycles. The van der Waals surface area contributed by atoms with Crippen LogP contribution in [-0.4, -0.2) is 29.6 Å². The van der Waals surface area contributed by atoms with Gasteiger partial charge in [-0.25, -0.2) is 0 Å². The number of carbonyl (C=O) groups excluding carboxylic acids is 1. The molecule has 0 aliphatic heterocycles. The van der Waals surface area contributed by atoms with Crippen LogP contribution in [0.5, 0.6) is 0 Å². The van der Waals surface area contributed by atoms with Gasteiger partial charge < -0.3 is 10.5 Å². The second kappa shape index (κ2) is 5.75. The second-order valence-corrected chi connectivity index (χ2v) is 5.65. The SMILES string of the molecule is CCCSC1CCCC(N)(C(=O)OC)C1. The van der Waals surface area contributed by atoms with Crippen LogP contribution in [0.25, 0.3) is 0 Å². The van der Waals surface area contributed by atoms with Crippen molar-refractivity contribution in [2.45, 2.75) is 49.8 Å². The van der Waals surface area contributed by atoms with Crippen LogP contribution in [0.1, 0.15) is 39.0 Å². The summed E-state index contributed by atoms with van der Waals surface area (Å²) in [5.74, 6) is 0.909. The van der Waals surface area contributed by atoms with Gasteiger partial charge in [0.1, 0.15) is 5.54 Å². The van der Waals surface area contributed by atoms with Crippen molar-refractivity contribution in [2.24, 2.45) is 5.73 Å². The average Bonchev–Trinajstić information content (AvgIpc) is 2.25. The quantitative estimate of drug-likeness (QED) is 0.751. The third-order valence-corrected chi connectivity index (χ3v) is 4.41. The molecular weight excluding hydrogens is 210 g/mol. The topological polar surface area (TPSA) is 52.3 Å². The van der Waals surface area contributed by atoms with Crippen molar-refractivity contribution in [3.8, 4) is 0 Å². The summed E-state index contributed by atoms with van der Waals surface area (Å²) in [7, 11) is 1.42. The molecule has 0 aromatic rings. The first-order valence-electron chi connectivity index (χ1n) is 5.61. The summed E-state index contributed by atoms with van der Waals surface area (Å²) in [6.07, 6.45) is 4.93. The van der Waals surface area contributed by atoms with E-state index >= 15 is 0 Å². The number of nitrogens with two attached hydrogens (primary N) is 1. The number of hydrogen-bond donors (Lipinski definition) is 1. The van der Waals surface area contributed by atoms with Gasteiger partial charge >= 0.3 is 5.97 Å². The fourth-order valence-corrected chi connectivity index (χ4v) is 3.39. The third-order valence-electron chi connectivity index (χ3n) is 2.89. The van der Waals surface area contributed by atoms with Gasteiger partial charge in [0, 0.05) is 5.25 Å². The maximum absolute atomic E-state index is 11.6. The van der Waals surface area contributed by atoms with E-state index in [2.05, 4.69) is 6.92 Å². The molecular formula is C11H21NO2S. The van der Waals surface area contributed by atoms with Crippen molar-refractivity contribution in [3.05, 3.63) is 0 Å². The molecule has 1 saturated carbocycles. The van der Waals surface area contributed by atoms with Gasteiger partial charge in [-0.1, -0.05) is 6.92 Å². The van der Waals surface area contributed by atoms with Crippen LogP contribution in [0, 0.1) is 0 Å². The first-order chi connectivity index (χ1) is 7.12. The van der Waals surface area contributed by atoms with E-state index in [4.69, 9.17) is 10.5 Å². The van der Waals surface area contributed by atoms with Crippen LogP contribution in [0.3, 0.4) is 0 Å². The van der Waals surface area contributed by atoms with E-state index < -0.39 is 5.54 Å². The Morgan fingerprint density at radius 2 is 2.40 bits per heavy atom. The van der Waals surface area contributed by atoms with Gasteiger partial charge in [-0.05, 0) is 37.9 Å². The van der Waals surface area contributed by atoms with Gasteiger partial charge in [0.25, 0.3) is 0 Å². The molecule has 0 amide bonds. The molecule has 88 valence electrons. The molecule has 0 radical (unpaired) electrons. The molecule has 2 N–H and O–H groups in total. The zero-order chi connectivity index (χ0) is 11.3. The summed E-state index contributed by atoms with van der Waals surface area (Å²) in [6.45, 7) is 2.17. The van der Waals surface area contributed by atoms with Crippen molar-refractivity contribution in [3.63, 3.8) is 0 Å². The predicted molar refractivity (Wildman–Crippen MR) is 63.9 cm³/mol. The molecule has 0 saturated heterocycles. The average molecular weight is 231 g/mol. The molecule has 0 heterocycles. The molecule has 2 unspecified atom stereocenters.